The zero-order chi connectivity index (χ0) is 22.7. The summed E-state index contributed by atoms with van der Waals surface area (Å²) in [6.45, 7) is 7.82. The lowest BCUT2D eigenvalue weighted by molar-refractivity contribution is 0.104. The van der Waals surface area contributed by atoms with Gasteiger partial charge in [0.1, 0.15) is 0 Å². The predicted octanol–water partition coefficient (Wildman–Crippen LogP) is 4.15. The van der Waals surface area contributed by atoms with Crippen molar-refractivity contribution < 1.29 is 13.2 Å². The molecule has 0 spiro atoms. The van der Waals surface area contributed by atoms with E-state index in [-0.39, 0.29) is 0 Å². The minimum atomic E-state index is -3.14. The molecule has 7 heteroatoms. The number of hydrogen-bond acceptors (Lipinski definition) is 6. The van der Waals surface area contributed by atoms with Crippen molar-refractivity contribution in [1.82, 2.24) is 9.97 Å². The Balaban J connectivity index is 1.17. The van der Waals surface area contributed by atoms with E-state index in [4.69, 9.17) is 4.74 Å². The third-order valence-electron chi connectivity index (χ3n) is 6.69. The van der Waals surface area contributed by atoms with Gasteiger partial charge >= 0.3 is 0 Å². The van der Waals surface area contributed by atoms with Crippen LogP contribution in [0.3, 0.4) is 0 Å². The lowest BCUT2D eigenvalue weighted by Crippen LogP contribution is -2.35. The van der Waals surface area contributed by atoms with Crippen molar-refractivity contribution in [1.29, 1.82) is 0 Å². The molecule has 0 N–H and O–H groups in total. The molecular formula is C25H35N3O3S. The minimum Gasteiger partial charge on any atom is -0.376 e. The first kappa shape index (κ1) is 23.2. The lowest BCUT2D eigenvalue weighted by Gasteiger charge is -2.32. The molecule has 1 aliphatic carbocycles. The molecule has 174 valence electrons. The Labute approximate surface area is 192 Å². The second-order valence-corrected chi connectivity index (χ2v) is 11.9. The quantitative estimate of drug-likeness (QED) is 0.563. The third kappa shape index (κ3) is 6.07. The highest BCUT2D eigenvalue weighted by molar-refractivity contribution is 7.90. The number of piperidine rings is 1. The van der Waals surface area contributed by atoms with Crippen molar-refractivity contribution in [2.24, 2.45) is 23.7 Å². The van der Waals surface area contributed by atoms with Crippen LogP contribution in [-0.2, 0) is 27.6 Å². The average Bonchev–Trinajstić information content (AvgIpc) is 3.53. The normalized spacial score (nSPS) is 21.8. The van der Waals surface area contributed by atoms with Crippen LogP contribution < -0.4 is 4.90 Å². The molecule has 6 nitrogen and oxygen atoms in total. The Morgan fingerprint density at radius 1 is 1.06 bits per heavy atom. The van der Waals surface area contributed by atoms with Crippen molar-refractivity contribution in [2.45, 2.75) is 51.0 Å². The van der Waals surface area contributed by atoms with E-state index in [0.29, 0.717) is 23.3 Å². The number of sulfone groups is 1. The van der Waals surface area contributed by atoms with E-state index in [0.717, 1.165) is 49.5 Å². The standard InChI is InChI=1S/C25H35N3O3S/c1-18(2)12-20-14-26-25(27-15-20)28-10-8-21(9-11-28)24-13-22(24)17-31-16-19-4-6-23(7-5-19)32(3,29)30/h4-7,14-15,18,21-22,24H,8-13,16-17H2,1-3H3. The van der Waals surface area contributed by atoms with E-state index in [1.54, 1.807) is 12.1 Å². The summed E-state index contributed by atoms with van der Waals surface area (Å²) in [6.07, 6.45) is 9.88. The van der Waals surface area contributed by atoms with Crippen molar-refractivity contribution in [3.05, 3.63) is 47.8 Å². The molecule has 2 unspecified atom stereocenters. The van der Waals surface area contributed by atoms with Gasteiger partial charge in [0.05, 0.1) is 18.1 Å². The maximum Gasteiger partial charge on any atom is 0.225 e. The van der Waals surface area contributed by atoms with Crippen molar-refractivity contribution in [3.8, 4) is 0 Å². The van der Waals surface area contributed by atoms with Crippen LogP contribution in [-0.4, -0.2) is 44.3 Å². The van der Waals surface area contributed by atoms with Crippen LogP contribution in [0.15, 0.2) is 41.6 Å². The number of aromatic nitrogens is 2. The largest absolute Gasteiger partial charge is 0.376 e. The average molecular weight is 458 g/mol. The molecule has 0 bridgehead atoms. The summed E-state index contributed by atoms with van der Waals surface area (Å²) in [4.78, 5) is 11.9. The van der Waals surface area contributed by atoms with Gasteiger partial charge in [-0.3, -0.25) is 0 Å². The fraction of sp³-hybridized carbons (Fsp3) is 0.600. The predicted molar refractivity (Wildman–Crippen MR) is 126 cm³/mol. The second-order valence-electron chi connectivity index (χ2n) is 9.90. The highest BCUT2D eigenvalue weighted by atomic mass is 32.2. The first-order valence-corrected chi connectivity index (χ1v) is 13.6. The van der Waals surface area contributed by atoms with Crippen molar-refractivity contribution in [3.63, 3.8) is 0 Å². The van der Waals surface area contributed by atoms with Crippen LogP contribution in [0, 0.1) is 23.7 Å². The molecule has 32 heavy (non-hydrogen) atoms. The number of rotatable bonds is 9. The topological polar surface area (TPSA) is 72.4 Å². The summed E-state index contributed by atoms with van der Waals surface area (Å²) >= 11 is 0. The molecule has 2 heterocycles. The monoisotopic (exact) mass is 457 g/mol. The number of ether oxygens (including phenoxy) is 1. The Kier molecular flexibility index (Phi) is 7.15. The van der Waals surface area contributed by atoms with Crippen molar-refractivity contribution in [2.75, 3.05) is 30.9 Å². The van der Waals surface area contributed by atoms with Gasteiger partial charge < -0.3 is 9.64 Å². The van der Waals surface area contributed by atoms with Gasteiger partial charge in [0.25, 0.3) is 0 Å². The molecular weight excluding hydrogens is 422 g/mol. The van der Waals surface area contributed by atoms with Gasteiger partial charge in [-0.05, 0) is 72.6 Å². The molecule has 2 aromatic rings. The van der Waals surface area contributed by atoms with Gasteiger partial charge in [0.15, 0.2) is 9.84 Å². The molecule has 0 amide bonds. The molecule has 1 saturated carbocycles. The Morgan fingerprint density at radius 3 is 2.31 bits per heavy atom. The number of anilines is 1. The van der Waals surface area contributed by atoms with Gasteiger partial charge in [-0.15, -0.1) is 0 Å². The molecule has 1 aliphatic heterocycles. The SMILES string of the molecule is CC(C)Cc1cnc(N2CCC(C3CC3COCc3ccc(S(C)(=O)=O)cc3)CC2)nc1. The zero-order valence-electron chi connectivity index (χ0n) is 19.4. The number of benzene rings is 1. The Morgan fingerprint density at radius 2 is 1.72 bits per heavy atom. The van der Waals surface area contributed by atoms with E-state index < -0.39 is 9.84 Å². The summed E-state index contributed by atoms with van der Waals surface area (Å²) in [6, 6.07) is 6.99. The van der Waals surface area contributed by atoms with E-state index in [1.165, 1.54) is 31.1 Å². The molecule has 2 atom stereocenters. The fourth-order valence-corrected chi connectivity index (χ4v) is 5.45. The Bertz CT molecular complexity index is 982. The summed E-state index contributed by atoms with van der Waals surface area (Å²) in [7, 11) is -3.14. The van der Waals surface area contributed by atoms with E-state index in [9.17, 15) is 8.42 Å². The molecule has 1 saturated heterocycles. The molecule has 4 rings (SSSR count). The van der Waals surface area contributed by atoms with Crippen LogP contribution in [0.2, 0.25) is 0 Å². The highest BCUT2D eigenvalue weighted by Crippen LogP contribution is 2.48. The second kappa shape index (κ2) is 9.87. The smallest absolute Gasteiger partial charge is 0.225 e. The van der Waals surface area contributed by atoms with Crippen LogP contribution >= 0.6 is 0 Å². The maximum absolute atomic E-state index is 11.6. The van der Waals surface area contributed by atoms with E-state index in [1.807, 2.05) is 24.5 Å². The van der Waals surface area contributed by atoms with Crippen LogP contribution in [0.5, 0.6) is 0 Å². The Hall–Kier alpha value is -1.99. The highest BCUT2D eigenvalue weighted by Gasteiger charge is 2.43. The molecule has 1 aromatic carbocycles. The van der Waals surface area contributed by atoms with Crippen LogP contribution in [0.4, 0.5) is 5.95 Å². The van der Waals surface area contributed by atoms with Crippen LogP contribution in [0.25, 0.3) is 0 Å². The summed E-state index contributed by atoms with van der Waals surface area (Å²) in [5, 5.41) is 0. The zero-order valence-corrected chi connectivity index (χ0v) is 20.2. The molecule has 0 radical (unpaired) electrons. The van der Waals surface area contributed by atoms with Gasteiger partial charge in [-0.1, -0.05) is 26.0 Å². The van der Waals surface area contributed by atoms with Gasteiger partial charge in [0.2, 0.25) is 5.95 Å². The van der Waals surface area contributed by atoms with Gasteiger partial charge in [-0.25, -0.2) is 18.4 Å². The molecule has 2 aliphatic rings. The number of hydrogen-bond donors (Lipinski definition) is 0. The first-order chi connectivity index (χ1) is 15.3. The molecule has 1 aromatic heterocycles. The maximum atomic E-state index is 11.6. The van der Waals surface area contributed by atoms with Crippen LogP contribution in [0.1, 0.15) is 44.2 Å². The lowest BCUT2D eigenvalue weighted by atomic mass is 9.91. The third-order valence-corrected chi connectivity index (χ3v) is 7.82. The fourth-order valence-electron chi connectivity index (χ4n) is 4.82. The number of nitrogens with zero attached hydrogens (tertiary/aromatic N) is 3. The minimum absolute atomic E-state index is 0.353. The van der Waals surface area contributed by atoms with E-state index in [2.05, 4.69) is 28.7 Å². The van der Waals surface area contributed by atoms with Crippen molar-refractivity contribution >= 4 is 15.8 Å². The van der Waals surface area contributed by atoms with Gasteiger partial charge in [-0.2, -0.15) is 0 Å². The summed E-state index contributed by atoms with van der Waals surface area (Å²) in [5.74, 6) is 3.70. The first-order valence-electron chi connectivity index (χ1n) is 11.7. The van der Waals surface area contributed by atoms with E-state index >= 15 is 0 Å². The summed E-state index contributed by atoms with van der Waals surface area (Å²) in [5.41, 5.74) is 2.23. The van der Waals surface area contributed by atoms with Gasteiger partial charge in [0, 0.05) is 31.7 Å². The summed E-state index contributed by atoms with van der Waals surface area (Å²) < 4.78 is 29.0. The molecule has 2 fully saturated rings.